The zero-order valence-electron chi connectivity index (χ0n) is 20.2. The third kappa shape index (κ3) is 5.98. The molecule has 1 fully saturated rings. The number of morpholine rings is 1. The molecule has 3 heterocycles. The number of fused-ring (bicyclic) bond motifs is 1. The van der Waals surface area contributed by atoms with Crippen molar-refractivity contribution in [3.05, 3.63) is 76.7 Å². The van der Waals surface area contributed by atoms with Crippen LogP contribution in [-0.4, -0.2) is 55.9 Å². The number of pyridine rings is 1. The number of ether oxygens (including phenoxy) is 1. The molecule has 0 atom stereocenters. The van der Waals surface area contributed by atoms with Gasteiger partial charge in [-0.2, -0.15) is 4.98 Å². The first kappa shape index (κ1) is 24.5. The van der Waals surface area contributed by atoms with Gasteiger partial charge >= 0.3 is 0 Å². The molecule has 5 rings (SSSR count). The maximum absolute atomic E-state index is 12.6. The number of benzene rings is 2. The molecule has 192 valence electrons. The van der Waals surface area contributed by atoms with Gasteiger partial charge in [-0.15, -0.1) is 0 Å². The van der Waals surface area contributed by atoms with E-state index in [2.05, 4.69) is 35.2 Å². The summed E-state index contributed by atoms with van der Waals surface area (Å²) in [5.41, 5.74) is 3.22. The summed E-state index contributed by atoms with van der Waals surface area (Å²) >= 11 is 0. The first-order valence-corrected chi connectivity index (χ1v) is 13.6. The Kier molecular flexibility index (Phi) is 6.93. The van der Waals surface area contributed by atoms with Crippen molar-refractivity contribution in [2.45, 2.75) is 6.54 Å². The van der Waals surface area contributed by atoms with Gasteiger partial charge in [-0.3, -0.25) is 9.52 Å². The molecule has 1 aliphatic rings. The maximum Gasteiger partial charge on any atom is 0.261 e. The van der Waals surface area contributed by atoms with Gasteiger partial charge in [-0.1, -0.05) is 18.2 Å². The molecule has 0 amide bonds. The number of hydrogen-bond donors (Lipinski definition) is 4. The van der Waals surface area contributed by atoms with Crippen LogP contribution >= 0.6 is 0 Å². The van der Waals surface area contributed by atoms with Gasteiger partial charge in [-0.05, 0) is 42.0 Å². The SMILES string of the molecule is CS(=O)(=O)Nc1ccccc1CNc1nc(Nc2ccc(N3CCOCC3)cc2)c2c(=O)[nH]ccc2n1. The summed E-state index contributed by atoms with van der Waals surface area (Å²) in [5.74, 6) is 0.649. The summed E-state index contributed by atoms with van der Waals surface area (Å²) in [6, 6.07) is 16.7. The van der Waals surface area contributed by atoms with Crippen molar-refractivity contribution in [3.63, 3.8) is 0 Å². The number of rotatable bonds is 8. The Bertz CT molecular complexity index is 1570. The molecule has 0 bridgehead atoms. The molecule has 0 unspecified atom stereocenters. The van der Waals surface area contributed by atoms with Crippen molar-refractivity contribution >= 4 is 49.8 Å². The monoisotopic (exact) mass is 521 g/mol. The quantitative estimate of drug-likeness (QED) is 0.275. The molecule has 4 N–H and O–H groups in total. The number of anilines is 5. The van der Waals surface area contributed by atoms with Crippen molar-refractivity contribution in [1.82, 2.24) is 15.0 Å². The highest BCUT2D eigenvalue weighted by molar-refractivity contribution is 7.92. The van der Waals surface area contributed by atoms with E-state index in [4.69, 9.17) is 4.74 Å². The lowest BCUT2D eigenvalue weighted by molar-refractivity contribution is 0.122. The van der Waals surface area contributed by atoms with Crippen molar-refractivity contribution < 1.29 is 13.2 Å². The van der Waals surface area contributed by atoms with E-state index in [1.54, 1.807) is 24.3 Å². The minimum atomic E-state index is -3.43. The number of H-pyrrole nitrogens is 1. The lowest BCUT2D eigenvalue weighted by Gasteiger charge is -2.28. The number of sulfonamides is 1. The van der Waals surface area contributed by atoms with E-state index in [0.29, 0.717) is 41.6 Å². The minimum Gasteiger partial charge on any atom is -0.378 e. The highest BCUT2D eigenvalue weighted by atomic mass is 32.2. The van der Waals surface area contributed by atoms with Crippen LogP contribution in [0.15, 0.2) is 65.6 Å². The summed E-state index contributed by atoms with van der Waals surface area (Å²) in [6.45, 7) is 3.37. The fourth-order valence-electron chi connectivity index (χ4n) is 4.12. The lowest BCUT2D eigenvalue weighted by Crippen LogP contribution is -2.36. The minimum absolute atomic E-state index is 0.265. The zero-order valence-corrected chi connectivity index (χ0v) is 21.0. The van der Waals surface area contributed by atoms with E-state index in [9.17, 15) is 13.2 Å². The molecule has 4 aromatic rings. The number of nitrogens with zero attached hydrogens (tertiary/aromatic N) is 3. The molecule has 11 nitrogen and oxygen atoms in total. The Labute approximate surface area is 214 Å². The largest absolute Gasteiger partial charge is 0.378 e. The third-order valence-corrected chi connectivity index (χ3v) is 6.47. The van der Waals surface area contributed by atoms with Crippen molar-refractivity contribution in [3.8, 4) is 0 Å². The first-order chi connectivity index (χ1) is 17.9. The predicted octanol–water partition coefficient (Wildman–Crippen LogP) is 2.88. The Morgan fingerprint density at radius 2 is 1.78 bits per heavy atom. The van der Waals surface area contributed by atoms with Crippen LogP contribution < -0.4 is 25.8 Å². The molecular formula is C25H27N7O4S. The van der Waals surface area contributed by atoms with E-state index in [-0.39, 0.29) is 12.1 Å². The molecule has 1 aliphatic heterocycles. The summed E-state index contributed by atoms with van der Waals surface area (Å²) in [7, 11) is -3.43. The van der Waals surface area contributed by atoms with Crippen LogP contribution in [-0.2, 0) is 21.3 Å². The van der Waals surface area contributed by atoms with Gasteiger partial charge in [0.15, 0.2) is 0 Å². The van der Waals surface area contributed by atoms with Gasteiger partial charge in [0, 0.05) is 37.2 Å². The predicted molar refractivity (Wildman–Crippen MR) is 145 cm³/mol. The highest BCUT2D eigenvalue weighted by Crippen LogP contribution is 2.25. The second-order valence-corrected chi connectivity index (χ2v) is 10.4. The fraction of sp³-hybridized carbons (Fsp3) is 0.240. The van der Waals surface area contributed by atoms with E-state index < -0.39 is 10.0 Å². The molecule has 2 aromatic heterocycles. The summed E-state index contributed by atoms with van der Waals surface area (Å²) < 4.78 is 31.4. The van der Waals surface area contributed by atoms with Crippen LogP contribution in [0.2, 0.25) is 0 Å². The normalized spacial score (nSPS) is 13.9. The number of aromatic amines is 1. The molecule has 1 saturated heterocycles. The molecule has 12 heteroatoms. The van der Waals surface area contributed by atoms with E-state index >= 15 is 0 Å². The van der Waals surface area contributed by atoms with Gasteiger partial charge in [0.2, 0.25) is 16.0 Å². The van der Waals surface area contributed by atoms with Gasteiger partial charge in [0.05, 0.1) is 30.7 Å². The summed E-state index contributed by atoms with van der Waals surface area (Å²) in [6.07, 6.45) is 2.64. The summed E-state index contributed by atoms with van der Waals surface area (Å²) in [5, 5.41) is 6.74. The van der Waals surface area contributed by atoms with Crippen LogP contribution in [0.1, 0.15) is 5.56 Å². The van der Waals surface area contributed by atoms with E-state index in [0.717, 1.165) is 36.3 Å². The maximum atomic E-state index is 12.6. The Hall–Kier alpha value is -4.16. The van der Waals surface area contributed by atoms with Gasteiger partial charge < -0.3 is 25.3 Å². The standard InChI is InChI=1S/C25H27N7O4S/c1-37(34,35)31-20-5-3-2-4-17(20)16-27-25-29-21-10-11-26-24(33)22(21)23(30-25)28-18-6-8-19(9-7-18)32-12-14-36-15-13-32/h2-11,31H,12-16H2,1H3,(H,26,33)(H2,27,28,29,30). The third-order valence-electron chi connectivity index (χ3n) is 5.88. The van der Waals surface area contributed by atoms with Crippen molar-refractivity contribution in [2.24, 2.45) is 0 Å². The van der Waals surface area contributed by atoms with E-state index in [1.807, 2.05) is 30.3 Å². The number of nitrogens with one attached hydrogen (secondary N) is 4. The molecule has 37 heavy (non-hydrogen) atoms. The van der Waals surface area contributed by atoms with Crippen LogP contribution in [0.4, 0.5) is 28.8 Å². The smallest absolute Gasteiger partial charge is 0.261 e. The van der Waals surface area contributed by atoms with E-state index in [1.165, 1.54) is 6.20 Å². The average Bonchev–Trinajstić information content (AvgIpc) is 2.88. The lowest BCUT2D eigenvalue weighted by atomic mass is 10.2. The van der Waals surface area contributed by atoms with Crippen molar-refractivity contribution in [2.75, 3.05) is 52.8 Å². The van der Waals surface area contributed by atoms with Crippen molar-refractivity contribution in [1.29, 1.82) is 0 Å². The second kappa shape index (κ2) is 10.4. The Morgan fingerprint density at radius 1 is 1.03 bits per heavy atom. The molecular weight excluding hydrogens is 494 g/mol. The number of para-hydroxylation sites is 1. The highest BCUT2D eigenvalue weighted by Gasteiger charge is 2.14. The Balaban J connectivity index is 1.41. The molecule has 0 radical (unpaired) electrons. The molecule has 0 spiro atoms. The topological polar surface area (TPSA) is 141 Å². The zero-order chi connectivity index (χ0) is 25.8. The fourth-order valence-corrected chi connectivity index (χ4v) is 4.72. The van der Waals surface area contributed by atoms with Crippen LogP contribution in [0.5, 0.6) is 0 Å². The van der Waals surface area contributed by atoms with Crippen LogP contribution in [0, 0.1) is 0 Å². The van der Waals surface area contributed by atoms with Gasteiger partial charge in [0.1, 0.15) is 11.2 Å². The van der Waals surface area contributed by atoms with Crippen LogP contribution in [0.25, 0.3) is 10.9 Å². The van der Waals surface area contributed by atoms with Gasteiger partial charge in [-0.25, -0.2) is 13.4 Å². The number of hydrogen-bond acceptors (Lipinski definition) is 9. The van der Waals surface area contributed by atoms with Gasteiger partial charge in [0.25, 0.3) is 5.56 Å². The molecule has 0 saturated carbocycles. The summed E-state index contributed by atoms with van der Waals surface area (Å²) in [4.78, 5) is 26.6. The average molecular weight is 522 g/mol. The second-order valence-electron chi connectivity index (χ2n) is 8.62. The molecule has 2 aromatic carbocycles. The first-order valence-electron chi connectivity index (χ1n) is 11.7. The van der Waals surface area contributed by atoms with Crippen LogP contribution in [0.3, 0.4) is 0 Å². The molecule has 0 aliphatic carbocycles. The number of aromatic nitrogens is 3. The Morgan fingerprint density at radius 3 is 2.54 bits per heavy atom.